The van der Waals surface area contributed by atoms with Crippen molar-refractivity contribution < 1.29 is 48.0 Å². The van der Waals surface area contributed by atoms with Crippen LogP contribution < -0.4 is 5.32 Å². The van der Waals surface area contributed by atoms with Gasteiger partial charge in [0.15, 0.2) is 5.79 Å². The fourth-order valence-electron chi connectivity index (χ4n) is 6.13. The van der Waals surface area contributed by atoms with E-state index in [-0.39, 0.29) is 49.5 Å². The van der Waals surface area contributed by atoms with Crippen molar-refractivity contribution in [2.24, 2.45) is 17.3 Å². The van der Waals surface area contributed by atoms with Gasteiger partial charge in [-0.2, -0.15) is 0 Å². The van der Waals surface area contributed by atoms with Gasteiger partial charge in [0.2, 0.25) is 12.0 Å². The lowest BCUT2D eigenvalue weighted by molar-refractivity contribution is -0.209. The summed E-state index contributed by atoms with van der Waals surface area (Å²) in [4.78, 5) is 51.0. The van der Waals surface area contributed by atoms with E-state index in [0.717, 1.165) is 31.8 Å². The van der Waals surface area contributed by atoms with Crippen LogP contribution in [0.25, 0.3) is 6.08 Å². The first-order chi connectivity index (χ1) is 20.6. The lowest BCUT2D eigenvalue weighted by Gasteiger charge is -2.31. The summed E-state index contributed by atoms with van der Waals surface area (Å²) in [6.07, 6.45) is 5.56. The second-order valence-electron chi connectivity index (χ2n) is 12.6. The van der Waals surface area contributed by atoms with Gasteiger partial charge in [0, 0.05) is 41.9 Å². The van der Waals surface area contributed by atoms with Crippen molar-refractivity contribution in [2.45, 2.75) is 76.2 Å². The molecule has 0 bridgehead atoms. The van der Waals surface area contributed by atoms with Gasteiger partial charge in [-0.1, -0.05) is 32.0 Å². The highest BCUT2D eigenvalue weighted by Crippen LogP contribution is 2.59. The van der Waals surface area contributed by atoms with Crippen molar-refractivity contribution >= 4 is 29.9 Å². The van der Waals surface area contributed by atoms with Gasteiger partial charge in [0.1, 0.15) is 24.9 Å². The Hall–Kier alpha value is -3.54. The molecule has 43 heavy (non-hydrogen) atoms. The number of carbonyl (C=O) groups is 4. The molecule has 11 nitrogen and oxygen atoms in total. The highest BCUT2D eigenvalue weighted by Gasteiger charge is 2.64. The normalized spacial score (nSPS) is 29.0. The number of amides is 1. The highest BCUT2D eigenvalue weighted by atomic mass is 16.8. The monoisotopic (exact) mass is 595 g/mol. The van der Waals surface area contributed by atoms with Gasteiger partial charge in [-0.05, 0) is 49.5 Å². The predicted molar refractivity (Wildman–Crippen MR) is 150 cm³/mol. The molecule has 0 aromatic heterocycles. The van der Waals surface area contributed by atoms with Crippen molar-refractivity contribution in [3.63, 3.8) is 0 Å². The Morgan fingerprint density at radius 1 is 1.07 bits per heavy atom. The fourth-order valence-corrected chi connectivity index (χ4v) is 6.13. The molecule has 2 aliphatic heterocycles. The van der Waals surface area contributed by atoms with Crippen LogP contribution >= 0.6 is 0 Å². The second kappa shape index (κ2) is 11.5. The Balaban J connectivity index is 1.19. The van der Waals surface area contributed by atoms with E-state index in [1.165, 1.54) is 6.08 Å². The summed E-state index contributed by atoms with van der Waals surface area (Å²) in [5.74, 6) is -2.50. The van der Waals surface area contributed by atoms with Crippen LogP contribution in [0.5, 0.6) is 0 Å². The van der Waals surface area contributed by atoms with Gasteiger partial charge in [-0.25, -0.2) is 14.4 Å². The molecule has 1 amide bonds. The number of benzene rings is 1. The van der Waals surface area contributed by atoms with Crippen LogP contribution in [0.1, 0.15) is 61.9 Å². The molecule has 2 heterocycles. The van der Waals surface area contributed by atoms with Gasteiger partial charge in [-0.3, -0.25) is 4.79 Å². The van der Waals surface area contributed by atoms with Gasteiger partial charge >= 0.3 is 17.9 Å². The van der Waals surface area contributed by atoms with Gasteiger partial charge in [0.25, 0.3) is 0 Å². The average molecular weight is 596 g/mol. The Bertz CT molecular complexity index is 1350. The van der Waals surface area contributed by atoms with E-state index in [2.05, 4.69) is 5.32 Å². The molecular formula is C32H37NO10. The topological polar surface area (TPSA) is 147 Å². The largest absolute Gasteiger partial charge is 0.462 e. The molecule has 0 unspecified atom stereocenters. The molecule has 4 fully saturated rings. The van der Waals surface area contributed by atoms with E-state index in [4.69, 9.17) is 23.7 Å². The van der Waals surface area contributed by atoms with Crippen LogP contribution in [0, 0.1) is 17.3 Å². The highest BCUT2D eigenvalue weighted by molar-refractivity contribution is 5.97. The third kappa shape index (κ3) is 5.98. The lowest BCUT2D eigenvalue weighted by atomic mass is 9.90. The van der Waals surface area contributed by atoms with Crippen molar-refractivity contribution in [2.75, 3.05) is 19.8 Å². The number of nitrogens with one attached hydrogen (secondary N) is 1. The quantitative estimate of drug-likeness (QED) is 0.235. The Morgan fingerprint density at radius 3 is 2.44 bits per heavy atom. The minimum Gasteiger partial charge on any atom is -0.462 e. The van der Waals surface area contributed by atoms with Crippen molar-refractivity contribution in [3.8, 4) is 0 Å². The van der Waals surface area contributed by atoms with E-state index in [1.54, 1.807) is 44.2 Å². The smallest absolute Gasteiger partial charge is 0.348 e. The Kier molecular flexibility index (Phi) is 7.91. The maximum atomic E-state index is 13.6. The molecule has 2 saturated heterocycles. The zero-order chi connectivity index (χ0) is 30.4. The van der Waals surface area contributed by atoms with Crippen LogP contribution in [0.3, 0.4) is 0 Å². The SMILES string of the molecule is CC1(C)COC(=O)[C@@H]1OC(=O)C=Cc1ccccc1C(=O)O[C@@H]1CC(C(=O)NCCO)=C[C@H]2OC(C3CC3)(C3CC3)O[C@H]21. The van der Waals surface area contributed by atoms with Gasteiger partial charge < -0.3 is 34.1 Å². The number of fused-ring (bicyclic) bond motifs is 1. The van der Waals surface area contributed by atoms with Gasteiger partial charge in [-0.15, -0.1) is 0 Å². The maximum absolute atomic E-state index is 13.6. The van der Waals surface area contributed by atoms with E-state index in [1.807, 2.05) is 0 Å². The first kappa shape index (κ1) is 29.5. The molecule has 2 N–H and O–H groups in total. The number of aliphatic hydroxyl groups excluding tert-OH is 1. The molecule has 1 aromatic rings. The molecule has 5 aliphatic rings. The summed E-state index contributed by atoms with van der Waals surface area (Å²) >= 11 is 0. The summed E-state index contributed by atoms with van der Waals surface area (Å²) < 4.78 is 29.6. The summed E-state index contributed by atoms with van der Waals surface area (Å²) in [7, 11) is 0. The average Bonchev–Trinajstić information content (AvgIpc) is 3.93. The molecule has 11 heteroatoms. The minimum atomic E-state index is -1.02. The van der Waals surface area contributed by atoms with E-state index >= 15 is 0 Å². The molecule has 230 valence electrons. The summed E-state index contributed by atoms with van der Waals surface area (Å²) in [5, 5.41) is 11.8. The van der Waals surface area contributed by atoms with E-state index in [0.29, 0.717) is 11.1 Å². The number of hydrogen-bond donors (Lipinski definition) is 2. The first-order valence-corrected chi connectivity index (χ1v) is 14.9. The van der Waals surface area contributed by atoms with Crippen LogP contribution in [0.4, 0.5) is 0 Å². The first-order valence-electron chi connectivity index (χ1n) is 14.9. The van der Waals surface area contributed by atoms with E-state index < -0.39 is 53.5 Å². The third-order valence-corrected chi connectivity index (χ3v) is 8.68. The van der Waals surface area contributed by atoms with Crippen LogP contribution in [0.2, 0.25) is 0 Å². The molecule has 3 aliphatic carbocycles. The number of cyclic esters (lactones) is 1. The fraction of sp³-hybridized carbons (Fsp3) is 0.562. The Labute approximate surface area is 249 Å². The molecular weight excluding hydrogens is 558 g/mol. The van der Waals surface area contributed by atoms with Crippen molar-refractivity contribution in [3.05, 3.63) is 53.1 Å². The molecule has 1 aromatic carbocycles. The van der Waals surface area contributed by atoms with Gasteiger partial charge in [0.05, 0.1) is 12.2 Å². The van der Waals surface area contributed by atoms with Crippen LogP contribution in [0.15, 0.2) is 42.0 Å². The molecule has 2 saturated carbocycles. The zero-order valence-corrected chi connectivity index (χ0v) is 24.3. The Morgan fingerprint density at radius 2 is 1.79 bits per heavy atom. The van der Waals surface area contributed by atoms with Crippen LogP contribution in [-0.2, 0) is 38.1 Å². The summed E-state index contributed by atoms with van der Waals surface area (Å²) in [6, 6.07) is 6.64. The van der Waals surface area contributed by atoms with Crippen LogP contribution in [-0.4, -0.2) is 78.9 Å². The molecule has 4 atom stereocenters. The second-order valence-corrected chi connectivity index (χ2v) is 12.6. The molecule has 0 spiro atoms. The maximum Gasteiger partial charge on any atom is 0.348 e. The number of esters is 3. The minimum absolute atomic E-state index is 0.0989. The molecule has 0 radical (unpaired) electrons. The number of ether oxygens (including phenoxy) is 5. The number of carbonyl (C=O) groups excluding carboxylic acids is 4. The standard InChI is InChI=1S/C32H37NO10/c1-31(2)17-39-30(38)27(31)41-25(35)12-7-18-5-3-4-6-22(18)29(37)40-23-15-19(28(36)33-13-14-34)16-24-26(23)43-32(42-24,20-8-9-20)21-10-11-21/h3-7,12,16,20-21,23-24,26-27,34H,8-11,13-15,17H2,1-2H3,(H,33,36)/t23-,24-,26+,27+/m1/s1. The number of hydrogen-bond acceptors (Lipinski definition) is 10. The number of aliphatic hydroxyl groups is 1. The van der Waals surface area contributed by atoms with E-state index in [9.17, 15) is 24.3 Å². The lowest BCUT2D eigenvalue weighted by Crippen LogP contribution is -2.44. The summed E-state index contributed by atoms with van der Waals surface area (Å²) in [6.45, 7) is 3.60. The number of rotatable bonds is 10. The van der Waals surface area contributed by atoms with Crippen molar-refractivity contribution in [1.82, 2.24) is 5.32 Å². The third-order valence-electron chi connectivity index (χ3n) is 8.68. The van der Waals surface area contributed by atoms with Crippen molar-refractivity contribution in [1.29, 1.82) is 0 Å². The molecule has 6 rings (SSSR count). The predicted octanol–water partition coefficient (Wildman–Crippen LogP) is 2.46. The summed E-state index contributed by atoms with van der Waals surface area (Å²) in [5.41, 5.74) is 0.378. The zero-order valence-electron chi connectivity index (χ0n) is 24.3.